The van der Waals surface area contributed by atoms with E-state index in [1.165, 1.54) is 16.7 Å². The van der Waals surface area contributed by atoms with Gasteiger partial charge in [-0.25, -0.2) is 4.68 Å². The molecule has 1 aliphatic rings. The zero-order chi connectivity index (χ0) is 24.5. The van der Waals surface area contributed by atoms with Gasteiger partial charge >= 0.3 is 0 Å². The van der Waals surface area contributed by atoms with Gasteiger partial charge < -0.3 is 9.64 Å². The molecule has 180 valence electrons. The maximum absolute atomic E-state index is 6.50. The molecule has 2 heterocycles. The first kappa shape index (κ1) is 22.5. The highest BCUT2D eigenvalue weighted by atomic mass is 16.5. The first-order valence-electron chi connectivity index (χ1n) is 12.6. The second-order valence-corrected chi connectivity index (χ2v) is 9.45. The van der Waals surface area contributed by atoms with Gasteiger partial charge in [-0.2, -0.15) is 0 Å². The van der Waals surface area contributed by atoms with Crippen LogP contribution in [0.4, 0.5) is 5.69 Å². The van der Waals surface area contributed by atoms with E-state index in [0.29, 0.717) is 6.61 Å². The Hall–Kier alpha value is -3.96. The summed E-state index contributed by atoms with van der Waals surface area (Å²) in [6.45, 7) is 4.82. The van der Waals surface area contributed by atoms with Crippen LogP contribution in [0.25, 0.3) is 11.0 Å². The Morgan fingerprint density at radius 2 is 1.50 bits per heavy atom. The highest BCUT2D eigenvalue weighted by Crippen LogP contribution is 2.54. The number of para-hydroxylation sites is 2. The molecule has 0 bridgehead atoms. The van der Waals surface area contributed by atoms with Gasteiger partial charge in [-0.15, -0.1) is 5.10 Å². The van der Waals surface area contributed by atoms with Gasteiger partial charge in [0.15, 0.2) is 0 Å². The normalized spacial score (nSPS) is 21.8. The molecule has 5 heteroatoms. The van der Waals surface area contributed by atoms with Gasteiger partial charge in [0, 0.05) is 18.7 Å². The Labute approximate surface area is 212 Å². The molecule has 0 radical (unpaired) electrons. The number of anilines is 1. The highest BCUT2D eigenvalue weighted by molar-refractivity contribution is 5.75. The van der Waals surface area contributed by atoms with Crippen LogP contribution in [0.5, 0.6) is 0 Å². The molecule has 3 atom stereocenters. The van der Waals surface area contributed by atoms with Gasteiger partial charge in [0.1, 0.15) is 17.3 Å². The van der Waals surface area contributed by atoms with Crippen LogP contribution in [0.3, 0.4) is 0 Å². The molecule has 0 amide bonds. The number of nitrogens with zero attached hydrogens (tertiary/aromatic N) is 4. The Morgan fingerprint density at radius 1 is 0.833 bits per heavy atom. The Kier molecular flexibility index (Phi) is 5.78. The Bertz CT molecular complexity index is 1450. The van der Waals surface area contributed by atoms with Crippen molar-refractivity contribution in [1.82, 2.24) is 15.0 Å². The number of benzene rings is 4. The van der Waals surface area contributed by atoms with Gasteiger partial charge in [-0.3, -0.25) is 0 Å². The van der Waals surface area contributed by atoms with Gasteiger partial charge in [0.25, 0.3) is 0 Å². The summed E-state index contributed by atoms with van der Waals surface area (Å²) in [6.07, 6.45) is 0.581. The summed E-state index contributed by atoms with van der Waals surface area (Å²) in [5, 5.41) is 9.43. The van der Waals surface area contributed by atoms with Crippen LogP contribution in [-0.4, -0.2) is 27.8 Å². The fourth-order valence-electron chi connectivity index (χ4n) is 5.80. The first-order valence-corrected chi connectivity index (χ1v) is 12.6. The van der Waals surface area contributed by atoms with Gasteiger partial charge in [0.2, 0.25) is 0 Å². The van der Waals surface area contributed by atoms with Crippen molar-refractivity contribution in [2.45, 2.75) is 38.1 Å². The van der Waals surface area contributed by atoms with Crippen molar-refractivity contribution in [2.75, 3.05) is 11.5 Å². The van der Waals surface area contributed by atoms with Crippen LogP contribution >= 0.6 is 0 Å². The smallest absolute Gasteiger partial charge is 0.133 e. The lowest BCUT2D eigenvalue weighted by Crippen LogP contribution is -2.42. The maximum atomic E-state index is 6.50. The number of aryl methyl sites for hydroxylation is 1. The van der Waals surface area contributed by atoms with Crippen LogP contribution < -0.4 is 4.90 Å². The lowest BCUT2D eigenvalue weighted by atomic mass is 9.79. The minimum Gasteiger partial charge on any atom is -0.359 e. The van der Waals surface area contributed by atoms with E-state index in [0.717, 1.165) is 23.1 Å². The minimum atomic E-state index is -0.555. The van der Waals surface area contributed by atoms with E-state index in [4.69, 9.17) is 9.95 Å². The minimum absolute atomic E-state index is 0.0783. The van der Waals surface area contributed by atoms with E-state index in [2.05, 4.69) is 126 Å². The van der Waals surface area contributed by atoms with Crippen LogP contribution in [0, 0.1) is 6.92 Å². The van der Waals surface area contributed by atoms with Crippen molar-refractivity contribution in [2.24, 2.45) is 0 Å². The van der Waals surface area contributed by atoms with E-state index in [-0.39, 0.29) is 12.3 Å². The zero-order valence-electron chi connectivity index (χ0n) is 20.7. The number of hydrogen-bond donors (Lipinski definition) is 0. The van der Waals surface area contributed by atoms with Gasteiger partial charge in [-0.05, 0) is 49.2 Å². The average Bonchev–Trinajstić information content (AvgIpc) is 3.51. The van der Waals surface area contributed by atoms with Crippen molar-refractivity contribution in [1.29, 1.82) is 0 Å². The quantitative estimate of drug-likeness (QED) is 0.282. The van der Waals surface area contributed by atoms with Crippen LogP contribution in [-0.2, 0) is 10.3 Å². The van der Waals surface area contributed by atoms with E-state index in [1.807, 2.05) is 12.1 Å². The monoisotopic (exact) mass is 474 g/mol. The molecule has 5 aromatic rings. The lowest BCUT2D eigenvalue weighted by Gasteiger charge is -2.40. The molecule has 5 nitrogen and oxygen atoms in total. The summed E-state index contributed by atoms with van der Waals surface area (Å²) >= 11 is 0. The molecule has 0 aliphatic carbocycles. The summed E-state index contributed by atoms with van der Waals surface area (Å²) in [6, 6.07) is 38.4. The molecule has 3 unspecified atom stereocenters. The molecule has 4 aromatic carbocycles. The number of aromatic nitrogens is 3. The van der Waals surface area contributed by atoms with E-state index < -0.39 is 5.54 Å². The molecule has 1 saturated heterocycles. The molecule has 36 heavy (non-hydrogen) atoms. The average molecular weight is 475 g/mol. The molecule has 1 aliphatic heterocycles. The molecule has 0 N–H and O–H groups in total. The largest absolute Gasteiger partial charge is 0.359 e. The van der Waals surface area contributed by atoms with Crippen LogP contribution in [0.1, 0.15) is 36.1 Å². The van der Waals surface area contributed by atoms with Crippen molar-refractivity contribution in [3.05, 3.63) is 126 Å². The predicted molar refractivity (Wildman–Crippen MR) is 144 cm³/mol. The molecule has 0 spiro atoms. The topological polar surface area (TPSA) is 43.2 Å². The summed E-state index contributed by atoms with van der Waals surface area (Å²) in [5.74, 6) is 0. The molecule has 6 rings (SSSR count). The predicted octanol–water partition coefficient (Wildman–Crippen LogP) is 6.50. The van der Waals surface area contributed by atoms with Crippen LogP contribution in [0.15, 0.2) is 109 Å². The second kappa shape index (κ2) is 9.25. The molecule has 1 aromatic heterocycles. The zero-order valence-corrected chi connectivity index (χ0v) is 20.7. The summed E-state index contributed by atoms with van der Waals surface area (Å²) in [4.78, 5) is 2.44. The van der Waals surface area contributed by atoms with Gasteiger partial charge in [0.05, 0.1) is 11.6 Å². The third kappa shape index (κ3) is 3.59. The van der Waals surface area contributed by atoms with E-state index >= 15 is 0 Å². The third-order valence-electron chi connectivity index (χ3n) is 7.34. The number of rotatable bonds is 6. The maximum Gasteiger partial charge on any atom is 0.133 e. The number of hydrogen-bond acceptors (Lipinski definition) is 4. The molecule has 0 saturated carbocycles. The van der Waals surface area contributed by atoms with Crippen molar-refractivity contribution >= 4 is 16.7 Å². The SMILES string of the molecule is CCOC1CC(c2ccc(C)cc2)(n2nnc3ccccc32)C(c2ccccc2)N1c1ccccc1. The van der Waals surface area contributed by atoms with Gasteiger partial charge in [-0.1, -0.05) is 95.7 Å². The van der Waals surface area contributed by atoms with Crippen LogP contribution in [0.2, 0.25) is 0 Å². The molecular formula is C31H30N4O. The third-order valence-corrected chi connectivity index (χ3v) is 7.34. The summed E-state index contributed by atoms with van der Waals surface area (Å²) < 4.78 is 8.65. The van der Waals surface area contributed by atoms with Crippen molar-refractivity contribution in [3.8, 4) is 0 Å². The van der Waals surface area contributed by atoms with E-state index in [9.17, 15) is 0 Å². The Balaban J connectivity index is 1.70. The number of ether oxygens (including phenoxy) is 1. The number of fused-ring (bicyclic) bond motifs is 1. The second-order valence-electron chi connectivity index (χ2n) is 9.45. The molecule has 1 fully saturated rings. The standard InChI is InChI=1S/C31H30N4O/c1-3-36-29-22-31(25-20-18-23(2)19-21-25,35-28-17-11-10-16-27(28)32-33-35)30(24-12-6-4-7-13-24)34(29)26-14-8-5-9-15-26/h4-21,29-30H,3,22H2,1-2H3. The fourth-order valence-corrected chi connectivity index (χ4v) is 5.80. The molecular weight excluding hydrogens is 444 g/mol. The fraction of sp³-hybridized carbons (Fsp3) is 0.226. The highest BCUT2D eigenvalue weighted by Gasteiger charge is 2.57. The Morgan fingerprint density at radius 3 is 2.22 bits per heavy atom. The summed E-state index contributed by atoms with van der Waals surface area (Å²) in [7, 11) is 0. The summed E-state index contributed by atoms with van der Waals surface area (Å²) in [5.41, 5.74) is 6.12. The first-order chi connectivity index (χ1) is 17.7. The van der Waals surface area contributed by atoms with Crippen molar-refractivity contribution in [3.63, 3.8) is 0 Å². The lowest BCUT2D eigenvalue weighted by molar-refractivity contribution is 0.0623. The van der Waals surface area contributed by atoms with Crippen molar-refractivity contribution < 1.29 is 4.74 Å². The van der Waals surface area contributed by atoms with E-state index in [1.54, 1.807) is 0 Å².